The van der Waals surface area contributed by atoms with Crippen molar-refractivity contribution in [3.8, 4) is 11.1 Å². The summed E-state index contributed by atoms with van der Waals surface area (Å²) in [6.45, 7) is 2.89. The second-order valence-electron chi connectivity index (χ2n) is 5.47. The summed E-state index contributed by atoms with van der Waals surface area (Å²) in [4.78, 5) is 13.8. The van der Waals surface area contributed by atoms with Gasteiger partial charge < -0.3 is 9.52 Å². The van der Waals surface area contributed by atoms with Gasteiger partial charge in [0.25, 0.3) is 0 Å². The molecule has 0 amide bonds. The van der Waals surface area contributed by atoms with Gasteiger partial charge in [0.15, 0.2) is 0 Å². The van der Waals surface area contributed by atoms with Crippen LogP contribution in [-0.4, -0.2) is 29.1 Å². The van der Waals surface area contributed by atoms with Crippen molar-refractivity contribution in [2.75, 3.05) is 13.1 Å². The average Bonchev–Trinajstić information content (AvgIpc) is 2.93. The smallest absolute Gasteiger partial charge is 0.372 e. The molecule has 0 bridgehead atoms. The topological polar surface area (TPSA) is 53.7 Å². The van der Waals surface area contributed by atoms with Crippen molar-refractivity contribution in [1.29, 1.82) is 0 Å². The van der Waals surface area contributed by atoms with Crippen LogP contribution in [0.25, 0.3) is 11.1 Å². The average molecular weight is 285 g/mol. The highest BCUT2D eigenvalue weighted by molar-refractivity contribution is 5.94. The molecule has 1 aliphatic rings. The maximum Gasteiger partial charge on any atom is 0.372 e. The molecule has 2 aromatic rings. The van der Waals surface area contributed by atoms with E-state index in [1.165, 1.54) is 19.3 Å². The molecule has 0 saturated carbocycles. The van der Waals surface area contributed by atoms with E-state index < -0.39 is 5.97 Å². The number of aromatic carboxylic acids is 1. The van der Waals surface area contributed by atoms with Crippen molar-refractivity contribution in [2.45, 2.75) is 25.8 Å². The second kappa shape index (κ2) is 6.14. The number of carbonyl (C=O) groups is 1. The molecule has 1 saturated heterocycles. The van der Waals surface area contributed by atoms with E-state index >= 15 is 0 Å². The van der Waals surface area contributed by atoms with Crippen molar-refractivity contribution in [2.24, 2.45) is 0 Å². The van der Waals surface area contributed by atoms with E-state index in [1.807, 2.05) is 30.3 Å². The van der Waals surface area contributed by atoms with Gasteiger partial charge in [0.2, 0.25) is 5.76 Å². The molecule has 2 heterocycles. The summed E-state index contributed by atoms with van der Waals surface area (Å²) in [7, 11) is 0. The lowest BCUT2D eigenvalue weighted by molar-refractivity contribution is 0.0663. The second-order valence-corrected chi connectivity index (χ2v) is 5.47. The lowest BCUT2D eigenvalue weighted by Crippen LogP contribution is -2.29. The quantitative estimate of drug-likeness (QED) is 0.932. The van der Waals surface area contributed by atoms with Gasteiger partial charge in [-0.2, -0.15) is 0 Å². The van der Waals surface area contributed by atoms with E-state index in [9.17, 15) is 9.90 Å². The maximum absolute atomic E-state index is 11.4. The zero-order chi connectivity index (χ0) is 14.7. The van der Waals surface area contributed by atoms with Crippen molar-refractivity contribution >= 4 is 5.97 Å². The van der Waals surface area contributed by atoms with E-state index in [-0.39, 0.29) is 5.76 Å². The molecule has 0 atom stereocenters. The van der Waals surface area contributed by atoms with Gasteiger partial charge >= 0.3 is 5.97 Å². The SMILES string of the molecule is O=C(O)c1occ(CN2CCCCC2)c1-c1ccccc1. The fourth-order valence-corrected chi connectivity index (χ4v) is 2.95. The van der Waals surface area contributed by atoms with Crippen LogP contribution in [0.4, 0.5) is 0 Å². The summed E-state index contributed by atoms with van der Waals surface area (Å²) in [6, 6.07) is 9.61. The third-order valence-corrected chi connectivity index (χ3v) is 3.97. The minimum absolute atomic E-state index is 0.0354. The van der Waals surface area contributed by atoms with Crippen molar-refractivity contribution in [3.63, 3.8) is 0 Å². The Morgan fingerprint density at radius 1 is 1.14 bits per heavy atom. The van der Waals surface area contributed by atoms with Crippen molar-refractivity contribution in [1.82, 2.24) is 4.90 Å². The molecule has 1 fully saturated rings. The molecule has 1 N–H and O–H groups in total. The number of carboxylic acids is 1. The number of nitrogens with zero attached hydrogens (tertiary/aromatic N) is 1. The summed E-state index contributed by atoms with van der Waals surface area (Å²) in [5.41, 5.74) is 2.57. The minimum Gasteiger partial charge on any atom is -0.475 e. The van der Waals surface area contributed by atoms with E-state index in [0.717, 1.165) is 30.8 Å². The van der Waals surface area contributed by atoms with E-state index in [1.54, 1.807) is 6.26 Å². The molecule has 1 aromatic carbocycles. The normalized spacial score (nSPS) is 16.0. The molecule has 1 aromatic heterocycles. The Bertz CT molecular complexity index is 612. The van der Waals surface area contributed by atoms with Crippen LogP contribution in [0, 0.1) is 0 Å². The lowest BCUT2D eigenvalue weighted by atomic mass is 10.0. The molecule has 4 nitrogen and oxygen atoms in total. The fraction of sp³-hybridized carbons (Fsp3) is 0.353. The fourth-order valence-electron chi connectivity index (χ4n) is 2.95. The summed E-state index contributed by atoms with van der Waals surface area (Å²) in [5, 5.41) is 9.34. The van der Waals surface area contributed by atoms with E-state index in [2.05, 4.69) is 4.90 Å². The molecule has 110 valence electrons. The standard InChI is InChI=1S/C17H19NO3/c19-17(20)16-15(13-7-3-1-4-8-13)14(12-21-16)11-18-9-5-2-6-10-18/h1,3-4,7-8,12H,2,5-6,9-11H2,(H,19,20). The van der Waals surface area contributed by atoms with Crippen LogP contribution in [0.3, 0.4) is 0 Å². The van der Waals surface area contributed by atoms with Gasteiger partial charge in [-0.3, -0.25) is 4.90 Å². The van der Waals surface area contributed by atoms with Gasteiger partial charge in [0, 0.05) is 17.7 Å². The molecule has 0 aliphatic carbocycles. The van der Waals surface area contributed by atoms with Gasteiger partial charge in [0.05, 0.1) is 6.26 Å². The Morgan fingerprint density at radius 3 is 2.52 bits per heavy atom. The number of furan rings is 1. The van der Waals surface area contributed by atoms with Crippen LogP contribution in [-0.2, 0) is 6.54 Å². The number of benzene rings is 1. The van der Waals surface area contributed by atoms with E-state index in [4.69, 9.17) is 4.42 Å². The zero-order valence-electron chi connectivity index (χ0n) is 11.9. The van der Waals surface area contributed by atoms with Crippen LogP contribution in [0.2, 0.25) is 0 Å². The third kappa shape index (κ3) is 3.00. The molecule has 3 rings (SSSR count). The first-order valence-corrected chi connectivity index (χ1v) is 7.37. The Hall–Kier alpha value is -2.07. The summed E-state index contributed by atoms with van der Waals surface area (Å²) >= 11 is 0. The van der Waals surface area contributed by atoms with Crippen LogP contribution in [0.15, 0.2) is 41.0 Å². The molecule has 0 unspecified atom stereocenters. The zero-order valence-corrected chi connectivity index (χ0v) is 11.9. The first-order valence-electron chi connectivity index (χ1n) is 7.37. The molecule has 21 heavy (non-hydrogen) atoms. The maximum atomic E-state index is 11.4. The van der Waals surface area contributed by atoms with Crippen LogP contribution >= 0.6 is 0 Å². The Balaban J connectivity index is 1.95. The molecule has 1 aliphatic heterocycles. The van der Waals surface area contributed by atoms with E-state index in [0.29, 0.717) is 5.56 Å². The number of hydrogen-bond acceptors (Lipinski definition) is 3. The first kappa shape index (κ1) is 13.9. The van der Waals surface area contributed by atoms with Crippen molar-refractivity contribution < 1.29 is 14.3 Å². The lowest BCUT2D eigenvalue weighted by Gasteiger charge is -2.26. The Labute approximate surface area is 124 Å². The molecule has 4 heteroatoms. The number of carboxylic acid groups (broad SMARTS) is 1. The number of rotatable bonds is 4. The van der Waals surface area contributed by atoms with Gasteiger partial charge in [0.1, 0.15) is 0 Å². The highest BCUT2D eigenvalue weighted by Gasteiger charge is 2.22. The Kier molecular flexibility index (Phi) is 4.06. The van der Waals surface area contributed by atoms with Crippen LogP contribution < -0.4 is 0 Å². The summed E-state index contributed by atoms with van der Waals surface area (Å²) in [6.07, 6.45) is 5.31. The van der Waals surface area contributed by atoms with Crippen molar-refractivity contribution in [3.05, 3.63) is 47.9 Å². The highest BCUT2D eigenvalue weighted by atomic mass is 16.4. The first-order chi connectivity index (χ1) is 10.3. The highest BCUT2D eigenvalue weighted by Crippen LogP contribution is 2.31. The minimum atomic E-state index is -1.02. The number of likely N-dealkylation sites (tertiary alicyclic amines) is 1. The summed E-state index contributed by atoms with van der Waals surface area (Å²) in [5.74, 6) is -0.980. The monoisotopic (exact) mass is 285 g/mol. The summed E-state index contributed by atoms with van der Waals surface area (Å²) < 4.78 is 5.33. The molecule has 0 radical (unpaired) electrons. The number of hydrogen-bond donors (Lipinski definition) is 1. The predicted molar refractivity (Wildman–Crippen MR) is 80.2 cm³/mol. The Morgan fingerprint density at radius 2 is 1.86 bits per heavy atom. The molecular formula is C17H19NO3. The molecule has 0 spiro atoms. The van der Waals surface area contributed by atoms with Crippen LogP contribution in [0.5, 0.6) is 0 Å². The van der Waals surface area contributed by atoms with Gasteiger partial charge in [-0.1, -0.05) is 36.8 Å². The van der Waals surface area contributed by atoms with Crippen LogP contribution in [0.1, 0.15) is 35.4 Å². The van der Waals surface area contributed by atoms with Gasteiger partial charge in [-0.15, -0.1) is 0 Å². The number of piperidine rings is 1. The predicted octanol–water partition coefficient (Wildman–Crippen LogP) is 3.63. The largest absolute Gasteiger partial charge is 0.475 e. The van der Waals surface area contributed by atoms with Gasteiger partial charge in [-0.25, -0.2) is 4.79 Å². The third-order valence-electron chi connectivity index (χ3n) is 3.97. The van der Waals surface area contributed by atoms with Gasteiger partial charge in [-0.05, 0) is 31.5 Å². The molecular weight excluding hydrogens is 266 g/mol.